The molecule has 94 valence electrons. The van der Waals surface area contributed by atoms with Gasteiger partial charge in [0, 0.05) is 0 Å². The van der Waals surface area contributed by atoms with Crippen LogP contribution in [-0.2, 0) is 14.6 Å². The zero-order valence-electron chi connectivity index (χ0n) is 9.16. The summed E-state index contributed by atoms with van der Waals surface area (Å²) in [5.74, 6) is -1.07. The lowest BCUT2D eigenvalue weighted by molar-refractivity contribution is -0.136. The third-order valence-corrected chi connectivity index (χ3v) is 3.84. The molecule has 3 N–H and O–H groups in total. The highest BCUT2D eigenvalue weighted by Gasteiger charge is 2.30. The van der Waals surface area contributed by atoms with E-state index in [1.165, 1.54) is 24.3 Å². The summed E-state index contributed by atoms with van der Waals surface area (Å²) in [6.07, 6.45) is 0. The molecule has 1 aromatic carbocycles. The molecule has 1 unspecified atom stereocenters. The molecule has 17 heavy (non-hydrogen) atoms. The fourth-order valence-corrected chi connectivity index (χ4v) is 2.25. The van der Waals surface area contributed by atoms with E-state index in [1.807, 2.05) is 0 Å². The predicted octanol–water partition coefficient (Wildman–Crippen LogP) is 0.228. The molecule has 0 amide bonds. The van der Waals surface area contributed by atoms with Crippen molar-refractivity contribution in [2.45, 2.75) is 17.2 Å². The number of nitrogens with two attached hydrogens (primary N) is 1. The smallest absolute Gasteiger partial charge is 0.336 e. The van der Waals surface area contributed by atoms with Gasteiger partial charge in [-0.3, -0.25) is 0 Å². The minimum atomic E-state index is -4.05. The Kier molecular flexibility index (Phi) is 4.08. The van der Waals surface area contributed by atoms with Crippen LogP contribution in [0.15, 0.2) is 29.2 Å². The van der Waals surface area contributed by atoms with E-state index in [4.69, 9.17) is 15.6 Å². The number of aliphatic carboxylic acids is 1. The third-order valence-electron chi connectivity index (χ3n) is 2.04. The second-order valence-electron chi connectivity index (χ2n) is 3.21. The van der Waals surface area contributed by atoms with E-state index in [9.17, 15) is 13.2 Å². The van der Waals surface area contributed by atoms with Crippen LogP contribution in [0, 0.1) is 0 Å². The summed E-state index contributed by atoms with van der Waals surface area (Å²) in [6, 6.07) is 5.43. The van der Waals surface area contributed by atoms with Gasteiger partial charge < -0.3 is 15.6 Å². The maximum absolute atomic E-state index is 11.7. The van der Waals surface area contributed by atoms with Crippen LogP contribution in [0.2, 0.25) is 0 Å². The van der Waals surface area contributed by atoms with Gasteiger partial charge in [-0.1, -0.05) is 0 Å². The van der Waals surface area contributed by atoms with Gasteiger partial charge in [0.1, 0.15) is 5.75 Å². The molecular weight excluding hydrogens is 246 g/mol. The third kappa shape index (κ3) is 2.95. The van der Waals surface area contributed by atoms with Crippen molar-refractivity contribution in [3.63, 3.8) is 0 Å². The number of hydrogen-bond donors (Lipinski definition) is 2. The monoisotopic (exact) mass is 259 g/mol. The quantitative estimate of drug-likeness (QED) is 0.783. The Morgan fingerprint density at radius 3 is 2.35 bits per heavy atom. The van der Waals surface area contributed by atoms with Gasteiger partial charge in [0.15, 0.2) is 0 Å². The molecule has 0 heterocycles. The second kappa shape index (κ2) is 5.15. The van der Waals surface area contributed by atoms with Gasteiger partial charge in [-0.15, -0.1) is 0 Å². The molecule has 0 radical (unpaired) electrons. The van der Waals surface area contributed by atoms with Gasteiger partial charge >= 0.3 is 5.97 Å². The first-order valence-corrected chi connectivity index (χ1v) is 6.39. The van der Waals surface area contributed by atoms with E-state index in [0.29, 0.717) is 12.4 Å². The predicted molar refractivity (Wildman–Crippen MR) is 60.4 cm³/mol. The number of ether oxygens (including phenoxy) is 1. The summed E-state index contributed by atoms with van der Waals surface area (Å²) in [7, 11) is -4.05. The van der Waals surface area contributed by atoms with E-state index in [-0.39, 0.29) is 4.90 Å². The molecule has 0 aliphatic rings. The molecule has 1 aromatic rings. The highest BCUT2D eigenvalue weighted by atomic mass is 32.2. The first-order chi connectivity index (χ1) is 7.89. The summed E-state index contributed by atoms with van der Waals surface area (Å²) in [6.45, 7) is 2.26. The van der Waals surface area contributed by atoms with Crippen molar-refractivity contribution in [1.29, 1.82) is 0 Å². The lowest BCUT2D eigenvalue weighted by atomic mass is 10.3. The van der Waals surface area contributed by atoms with Crippen LogP contribution >= 0.6 is 0 Å². The molecule has 0 aromatic heterocycles. The van der Waals surface area contributed by atoms with Crippen molar-refractivity contribution in [3.05, 3.63) is 24.3 Å². The van der Waals surface area contributed by atoms with Crippen molar-refractivity contribution in [3.8, 4) is 5.75 Å². The summed E-state index contributed by atoms with van der Waals surface area (Å²) in [5, 5.41) is 6.63. The molecule has 1 atom stereocenters. The van der Waals surface area contributed by atoms with Gasteiger partial charge in [-0.2, -0.15) is 0 Å². The van der Waals surface area contributed by atoms with Gasteiger partial charge in [-0.05, 0) is 31.2 Å². The van der Waals surface area contributed by atoms with Crippen LogP contribution in [-0.4, -0.2) is 31.5 Å². The average Bonchev–Trinajstić information content (AvgIpc) is 2.29. The van der Waals surface area contributed by atoms with Gasteiger partial charge in [0.05, 0.1) is 11.5 Å². The van der Waals surface area contributed by atoms with Crippen molar-refractivity contribution in [2.24, 2.45) is 5.73 Å². The normalized spacial score (nSPS) is 13.1. The summed E-state index contributed by atoms with van der Waals surface area (Å²) in [4.78, 5) is 10.4. The first kappa shape index (κ1) is 13.5. The van der Waals surface area contributed by atoms with Crippen molar-refractivity contribution < 1.29 is 23.1 Å². The molecule has 7 heteroatoms. The lowest BCUT2D eigenvalue weighted by Crippen LogP contribution is -2.38. The molecule has 6 nitrogen and oxygen atoms in total. The van der Waals surface area contributed by atoms with Crippen LogP contribution in [0.3, 0.4) is 0 Å². The maximum Gasteiger partial charge on any atom is 0.336 e. The zero-order chi connectivity index (χ0) is 13.1. The van der Waals surface area contributed by atoms with Crippen LogP contribution in [0.4, 0.5) is 0 Å². The van der Waals surface area contributed by atoms with Crippen LogP contribution in [0.5, 0.6) is 5.75 Å². The molecule has 0 aliphatic heterocycles. The molecule has 0 bridgehead atoms. The Bertz CT molecular complexity index is 494. The molecule has 0 saturated carbocycles. The van der Waals surface area contributed by atoms with Crippen LogP contribution in [0.1, 0.15) is 6.92 Å². The van der Waals surface area contributed by atoms with Crippen molar-refractivity contribution in [2.75, 3.05) is 6.61 Å². The van der Waals surface area contributed by atoms with Crippen LogP contribution in [0.25, 0.3) is 0 Å². The number of benzene rings is 1. The number of rotatable bonds is 5. The van der Waals surface area contributed by atoms with Gasteiger partial charge in [-0.25, -0.2) is 13.2 Å². The number of hydrogen-bond acceptors (Lipinski definition) is 5. The van der Waals surface area contributed by atoms with Crippen molar-refractivity contribution in [1.82, 2.24) is 0 Å². The number of carboxylic acid groups (broad SMARTS) is 1. The largest absolute Gasteiger partial charge is 0.494 e. The van der Waals surface area contributed by atoms with Gasteiger partial charge in [0.2, 0.25) is 15.2 Å². The van der Waals surface area contributed by atoms with E-state index >= 15 is 0 Å². The van der Waals surface area contributed by atoms with E-state index in [1.54, 1.807) is 6.92 Å². The molecule has 0 spiro atoms. The molecule has 0 aliphatic carbocycles. The first-order valence-electron chi connectivity index (χ1n) is 4.84. The number of carbonyl (C=O) groups is 1. The maximum atomic E-state index is 11.7. The Hall–Kier alpha value is -1.60. The van der Waals surface area contributed by atoms with Crippen molar-refractivity contribution >= 4 is 15.8 Å². The SMILES string of the molecule is CCOc1ccc(S(=O)(=O)C(N)C(=O)O)cc1. The molecular formula is C10H13NO5S. The Morgan fingerprint density at radius 1 is 1.41 bits per heavy atom. The molecule has 0 fully saturated rings. The number of sulfone groups is 1. The Labute approximate surface area is 98.9 Å². The van der Waals surface area contributed by atoms with Crippen LogP contribution < -0.4 is 10.5 Å². The highest BCUT2D eigenvalue weighted by Crippen LogP contribution is 2.18. The Balaban J connectivity index is 3.04. The lowest BCUT2D eigenvalue weighted by Gasteiger charge is -2.09. The summed E-state index contributed by atoms with van der Waals surface area (Å²) in [5.41, 5.74) is 5.10. The number of carboxylic acids is 1. The topological polar surface area (TPSA) is 107 Å². The van der Waals surface area contributed by atoms with E-state index in [2.05, 4.69) is 0 Å². The highest BCUT2D eigenvalue weighted by molar-refractivity contribution is 7.92. The van der Waals surface area contributed by atoms with E-state index < -0.39 is 21.2 Å². The zero-order valence-corrected chi connectivity index (χ0v) is 9.98. The van der Waals surface area contributed by atoms with Gasteiger partial charge in [0.25, 0.3) is 0 Å². The summed E-state index contributed by atoms with van der Waals surface area (Å²) < 4.78 is 28.5. The fraction of sp³-hybridized carbons (Fsp3) is 0.300. The molecule has 1 rings (SSSR count). The fourth-order valence-electron chi connectivity index (χ4n) is 1.17. The second-order valence-corrected chi connectivity index (χ2v) is 5.28. The molecule has 0 saturated heterocycles. The standard InChI is InChI=1S/C10H13NO5S/c1-2-16-7-3-5-8(6-4-7)17(14,15)9(11)10(12)13/h3-6,9H,2,11H2,1H3,(H,12,13). The average molecular weight is 259 g/mol. The minimum Gasteiger partial charge on any atom is -0.494 e. The Morgan fingerprint density at radius 2 is 1.94 bits per heavy atom. The minimum absolute atomic E-state index is 0.143. The van der Waals surface area contributed by atoms with E-state index in [0.717, 1.165) is 0 Å². The summed E-state index contributed by atoms with van der Waals surface area (Å²) >= 11 is 0.